The van der Waals surface area contributed by atoms with Crippen LogP contribution in [0.5, 0.6) is 0 Å². The van der Waals surface area contributed by atoms with E-state index in [9.17, 15) is 0 Å². The Bertz CT molecular complexity index is 2140. The van der Waals surface area contributed by atoms with Gasteiger partial charge in [-0.25, -0.2) is 4.98 Å². The maximum absolute atomic E-state index is 5.23. The van der Waals surface area contributed by atoms with E-state index in [1.165, 1.54) is 16.2 Å². The van der Waals surface area contributed by atoms with Gasteiger partial charge in [0.1, 0.15) is 0 Å². The lowest BCUT2D eigenvalue weighted by Crippen LogP contribution is -1.95. The van der Waals surface area contributed by atoms with Crippen LogP contribution in [0.2, 0.25) is 0 Å². The summed E-state index contributed by atoms with van der Waals surface area (Å²) in [6, 6.07) is 40.6. The summed E-state index contributed by atoms with van der Waals surface area (Å²) in [6.45, 7) is 0. The van der Waals surface area contributed by atoms with E-state index < -0.39 is 0 Å². The summed E-state index contributed by atoms with van der Waals surface area (Å²) in [4.78, 5) is 14.8. The Balaban J connectivity index is 1.49. The highest BCUT2D eigenvalue weighted by molar-refractivity contribution is 6.20. The first-order chi connectivity index (χ1) is 18.8. The fourth-order valence-corrected chi connectivity index (χ4v) is 5.77. The van der Waals surface area contributed by atoms with Gasteiger partial charge < -0.3 is 0 Å². The summed E-state index contributed by atoms with van der Waals surface area (Å²) >= 11 is 0. The minimum Gasteiger partial charge on any atom is -0.256 e. The fourth-order valence-electron chi connectivity index (χ4n) is 5.77. The Morgan fingerprint density at radius 3 is 1.87 bits per heavy atom. The Kier molecular flexibility index (Phi) is 4.52. The monoisotopic (exact) mass is 483 g/mol. The van der Waals surface area contributed by atoms with Crippen LogP contribution in [-0.4, -0.2) is 15.0 Å². The number of nitrogens with zero attached hydrogens (tertiary/aromatic N) is 3. The van der Waals surface area contributed by atoms with Gasteiger partial charge in [0.2, 0.25) is 0 Å². The van der Waals surface area contributed by atoms with Gasteiger partial charge in [-0.3, -0.25) is 9.97 Å². The minimum atomic E-state index is 0.917. The highest BCUT2D eigenvalue weighted by atomic mass is 14.8. The first kappa shape index (κ1) is 21.0. The molecule has 8 rings (SSSR count). The molecule has 0 bridgehead atoms. The Morgan fingerprint density at radius 2 is 1.00 bits per heavy atom. The lowest BCUT2D eigenvalue weighted by molar-refractivity contribution is 1.37. The van der Waals surface area contributed by atoms with E-state index in [1.54, 1.807) is 0 Å². The van der Waals surface area contributed by atoms with Crippen molar-refractivity contribution in [2.75, 3.05) is 0 Å². The molecule has 0 aliphatic heterocycles. The van der Waals surface area contributed by atoms with Crippen molar-refractivity contribution in [2.45, 2.75) is 0 Å². The van der Waals surface area contributed by atoms with E-state index >= 15 is 0 Å². The lowest BCUT2D eigenvalue weighted by Gasteiger charge is -2.17. The number of hydrogen-bond donors (Lipinski definition) is 0. The molecule has 0 saturated heterocycles. The molecule has 0 aliphatic rings. The zero-order valence-corrected chi connectivity index (χ0v) is 20.5. The number of benzene rings is 5. The molecule has 0 amide bonds. The van der Waals surface area contributed by atoms with Crippen molar-refractivity contribution in [3.63, 3.8) is 0 Å². The average molecular weight is 484 g/mol. The van der Waals surface area contributed by atoms with Gasteiger partial charge in [0.25, 0.3) is 0 Å². The van der Waals surface area contributed by atoms with E-state index in [0.29, 0.717) is 0 Å². The van der Waals surface area contributed by atoms with E-state index in [2.05, 4.69) is 108 Å². The molecule has 38 heavy (non-hydrogen) atoms. The molecule has 0 saturated carbocycles. The van der Waals surface area contributed by atoms with Crippen molar-refractivity contribution in [3.8, 4) is 22.4 Å². The second-order valence-electron chi connectivity index (χ2n) is 9.67. The van der Waals surface area contributed by atoms with E-state index in [-0.39, 0.29) is 0 Å². The van der Waals surface area contributed by atoms with Crippen molar-refractivity contribution >= 4 is 54.3 Å². The molecule has 0 N–H and O–H groups in total. The molecule has 0 atom stereocenters. The molecule has 176 valence electrons. The molecular formula is C35H21N3. The fraction of sp³-hybridized carbons (Fsp3) is 0. The molecule has 8 aromatic rings. The predicted octanol–water partition coefficient (Wildman–Crippen LogP) is 8.97. The smallest absolute Gasteiger partial charge is 0.0972 e. The first-order valence-corrected chi connectivity index (χ1v) is 12.8. The SMILES string of the molecule is c1ccc2cc(-c3c4ccccc4c(-c4ccc5ccc6cccnc6c5n4)c4cccnc34)ccc2c1. The third-order valence-electron chi connectivity index (χ3n) is 7.51. The van der Waals surface area contributed by atoms with Crippen molar-refractivity contribution in [1.82, 2.24) is 15.0 Å². The molecule has 3 heteroatoms. The molecule has 0 aliphatic carbocycles. The Morgan fingerprint density at radius 1 is 0.395 bits per heavy atom. The van der Waals surface area contributed by atoms with Crippen molar-refractivity contribution in [2.24, 2.45) is 0 Å². The van der Waals surface area contributed by atoms with Crippen molar-refractivity contribution < 1.29 is 0 Å². The molecule has 3 heterocycles. The van der Waals surface area contributed by atoms with Crippen LogP contribution in [0.25, 0.3) is 76.6 Å². The Labute approximate surface area is 219 Å². The predicted molar refractivity (Wildman–Crippen MR) is 158 cm³/mol. The lowest BCUT2D eigenvalue weighted by atomic mass is 9.88. The quantitative estimate of drug-likeness (QED) is 0.182. The van der Waals surface area contributed by atoms with Crippen LogP contribution in [0.1, 0.15) is 0 Å². The van der Waals surface area contributed by atoms with Crippen LogP contribution in [-0.2, 0) is 0 Å². The van der Waals surface area contributed by atoms with Crippen LogP contribution >= 0.6 is 0 Å². The van der Waals surface area contributed by atoms with Crippen LogP contribution in [0.3, 0.4) is 0 Å². The third kappa shape index (κ3) is 3.12. The molecule has 0 radical (unpaired) electrons. The van der Waals surface area contributed by atoms with Gasteiger partial charge in [-0.15, -0.1) is 0 Å². The maximum Gasteiger partial charge on any atom is 0.0972 e. The average Bonchev–Trinajstić information content (AvgIpc) is 2.99. The molecule has 0 spiro atoms. The van der Waals surface area contributed by atoms with Gasteiger partial charge in [-0.1, -0.05) is 91.0 Å². The van der Waals surface area contributed by atoms with E-state index in [0.717, 1.165) is 60.5 Å². The largest absolute Gasteiger partial charge is 0.256 e. The van der Waals surface area contributed by atoms with Crippen LogP contribution in [0.15, 0.2) is 128 Å². The zero-order valence-electron chi connectivity index (χ0n) is 20.5. The van der Waals surface area contributed by atoms with Gasteiger partial charge in [-0.2, -0.15) is 0 Å². The minimum absolute atomic E-state index is 0.917. The first-order valence-electron chi connectivity index (χ1n) is 12.8. The van der Waals surface area contributed by atoms with E-state index in [4.69, 9.17) is 9.97 Å². The summed E-state index contributed by atoms with van der Waals surface area (Å²) < 4.78 is 0. The summed E-state index contributed by atoms with van der Waals surface area (Å²) in [5.74, 6) is 0. The molecular weight excluding hydrogens is 462 g/mol. The zero-order chi connectivity index (χ0) is 25.1. The highest BCUT2D eigenvalue weighted by Gasteiger charge is 2.19. The van der Waals surface area contributed by atoms with E-state index in [1.807, 2.05) is 24.5 Å². The summed E-state index contributed by atoms with van der Waals surface area (Å²) in [6.07, 6.45) is 3.72. The van der Waals surface area contributed by atoms with Crippen molar-refractivity contribution in [3.05, 3.63) is 128 Å². The van der Waals surface area contributed by atoms with Crippen molar-refractivity contribution in [1.29, 1.82) is 0 Å². The molecule has 0 fully saturated rings. The second-order valence-corrected chi connectivity index (χ2v) is 9.67. The summed E-state index contributed by atoms with van der Waals surface area (Å²) in [5, 5.41) is 8.05. The molecule has 3 aromatic heterocycles. The number of aromatic nitrogens is 3. The van der Waals surface area contributed by atoms with Gasteiger partial charge in [0.15, 0.2) is 0 Å². The third-order valence-corrected chi connectivity index (χ3v) is 7.51. The number of pyridine rings is 3. The topological polar surface area (TPSA) is 38.7 Å². The standard InChI is InChI=1S/C35H21N3/c1-2-8-25-21-26(16-13-22(25)7-1)31-27-10-3-4-11-28(27)32(29-12-6-20-37-35(29)31)30-18-17-24-15-14-23-9-5-19-36-33(23)34(24)38-30/h1-21H. The van der Waals surface area contributed by atoms with Gasteiger partial charge >= 0.3 is 0 Å². The van der Waals surface area contributed by atoms with Crippen LogP contribution in [0, 0.1) is 0 Å². The van der Waals surface area contributed by atoms with Crippen LogP contribution in [0.4, 0.5) is 0 Å². The maximum atomic E-state index is 5.23. The summed E-state index contributed by atoms with van der Waals surface area (Å²) in [7, 11) is 0. The number of hydrogen-bond acceptors (Lipinski definition) is 3. The second kappa shape index (κ2) is 8.19. The normalized spacial score (nSPS) is 11.7. The number of fused-ring (bicyclic) bond motifs is 6. The van der Waals surface area contributed by atoms with Gasteiger partial charge in [0.05, 0.1) is 22.2 Å². The highest BCUT2D eigenvalue weighted by Crippen LogP contribution is 2.43. The molecule has 5 aromatic carbocycles. The van der Waals surface area contributed by atoms with Gasteiger partial charge in [-0.05, 0) is 51.4 Å². The Hall–Kier alpha value is -5.15. The number of rotatable bonds is 2. The summed E-state index contributed by atoms with van der Waals surface area (Å²) in [5.41, 5.74) is 7.16. The van der Waals surface area contributed by atoms with Gasteiger partial charge in [0, 0.05) is 39.7 Å². The molecule has 0 unspecified atom stereocenters. The van der Waals surface area contributed by atoms with Crippen LogP contribution < -0.4 is 0 Å². The molecule has 3 nitrogen and oxygen atoms in total.